The molecule has 10 heteroatoms. The van der Waals surface area contributed by atoms with Crippen molar-refractivity contribution in [1.82, 2.24) is 9.97 Å². The number of nitrogens with zero attached hydrogens (tertiary/aromatic N) is 2. The lowest BCUT2D eigenvalue weighted by molar-refractivity contribution is 0.474. The molecule has 34 heavy (non-hydrogen) atoms. The lowest BCUT2D eigenvalue weighted by Gasteiger charge is -2.14. The van der Waals surface area contributed by atoms with Gasteiger partial charge in [0, 0.05) is 28.1 Å². The first-order valence-electron chi connectivity index (χ1n) is 9.83. The maximum Gasteiger partial charge on any atom is 0.153 e. The smallest absolute Gasteiger partial charge is 0.153 e. The van der Waals surface area contributed by atoms with E-state index in [9.17, 15) is 8.78 Å². The van der Waals surface area contributed by atoms with E-state index in [1.807, 2.05) is 5.38 Å². The Morgan fingerprint density at radius 3 is 2.71 bits per heavy atom. The summed E-state index contributed by atoms with van der Waals surface area (Å²) in [5, 5.41) is 2.03. The van der Waals surface area contributed by atoms with Crippen molar-refractivity contribution >= 4 is 40.7 Å². The number of benzene rings is 2. The summed E-state index contributed by atoms with van der Waals surface area (Å²) in [4.78, 5) is 8.79. The standard InChI is InChI=1S/C24H14ClF2N3O2S2/c25-18-8-23(34-30-24-12-33-13-29-24)19(27)9-21(18)32-22-10-28-20(14-2-1-3-16(26)6-14)7-17(22)15-4-5-31-11-15/h1-13,30H. The molecule has 0 spiro atoms. The van der Waals surface area contributed by atoms with Gasteiger partial charge in [-0.05, 0) is 42.3 Å². The molecule has 5 rings (SSSR count). The molecule has 5 nitrogen and oxygen atoms in total. The summed E-state index contributed by atoms with van der Waals surface area (Å²) in [5.74, 6) is 0.210. The van der Waals surface area contributed by atoms with Crippen molar-refractivity contribution in [2.24, 2.45) is 0 Å². The Bertz CT molecular complexity index is 1430. The van der Waals surface area contributed by atoms with Gasteiger partial charge < -0.3 is 13.9 Å². The third-order valence-electron chi connectivity index (χ3n) is 4.72. The minimum atomic E-state index is -0.513. The molecular weight excluding hydrogens is 500 g/mol. The highest BCUT2D eigenvalue weighted by atomic mass is 35.5. The van der Waals surface area contributed by atoms with Crippen molar-refractivity contribution in [3.05, 3.63) is 94.8 Å². The van der Waals surface area contributed by atoms with E-state index in [1.54, 1.807) is 36.0 Å². The van der Waals surface area contributed by atoms with Crippen molar-refractivity contribution in [3.63, 3.8) is 0 Å². The molecule has 2 aromatic carbocycles. The highest BCUT2D eigenvalue weighted by molar-refractivity contribution is 8.00. The normalized spacial score (nSPS) is 10.9. The zero-order chi connectivity index (χ0) is 23.5. The Balaban J connectivity index is 1.46. The van der Waals surface area contributed by atoms with Crippen LogP contribution in [0.1, 0.15) is 0 Å². The quantitative estimate of drug-likeness (QED) is 0.221. The third-order valence-corrected chi connectivity index (χ3v) is 6.45. The first-order chi connectivity index (χ1) is 16.6. The number of hydrogen-bond acceptors (Lipinski definition) is 7. The fourth-order valence-electron chi connectivity index (χ4n) is 3.13. The molecule has 0 radical (unpaired) electrons. The molecule has 0 unspecified atom stereocenters. The Morgan fingerprint density at radius 2 is 1.94 bits per heavy atom. The highest BCUT2D eigenvalue weighted by Gasteiger charge is 2.16. The molecule has 0 aliphatic carbocycles. The van der Waals surface area contributed by atoms with Crippen molar-refractivity contribution in [3.8, 4) is 33.9 Å². The number of rotatable bonds is 7. The van der Waals surface area contributed by atoms with Gasteiger partial charge in [0.05, 0.1) is 39.8 Å². The molecule has 0 amide bonds. The monoisotopic (exact) mass is 513 g/mol. The maximum atomic E-state index is 14.8. The van der Waals surface area contributed by atoms with Gasteiger partial charge in [0.1, 0.15) is 23.2 Å². The second kappa shape index (κ2) is 9.84. The van der Waals surface area contributed by atoms with Crippen LogP contribution < -0.4 is 9.46 Å². The molecule has 3 aromatic heterocycles. The van der Waals surface area contributed by atoms with Crippen LogP contribution in [0.4, 0.5) is 14.6 Å². The van der Waals surface area contributed by atoms with Gasteiger partial charge in [-0.2, -0.15) is 0 Å². The number of hydrogen-bond donors (Lipinski definition) is 1. The number of pyridine rings is 1. The van der Waals surface area contributed by atoms with Crippen molar-refractivity contribution in [2.75, 3.05) is 4.72 Å². The first-order valence-corrected chi connectivity index (χ1v) is 12.0. The molecule has 0 atom stereocenters. The SMILES string of the molecule is Fc1cccc(-c2cc(-c3ccoc3)c(Oc3cc(F)c(SNc4cscn4)cc3Cl)cn2)c1. The molecular formula is C24H14ClF2N3O2S2. The number of anilines is 1. The number of ether oxygens (including phenoxy) is 1. The van der Waals surface area contributed by atoms with E-state index in [0.717, 1.165) is 11.9 Å². The van der Waals surface area contributed by atoms with E-state index < -0.39 is 5.82 Å². The molecule has 170 valence electrons. The van der Waals surface area contributed by atoms with E-state index in [0.29, 0.717) is 38.8 Å². The molecule has 0 aliphatic heterocycles. The zero-order valence-corrected chi connectivity index (χ0v) is 19.6. The van der Waals surface area contributed by atoms with E-state index in [-0.39, 0.29) is 16.6 Å². The van der Waals surface area contributed by atoms with Gasteiger partial charge in [0.15, 0.2) is 5.75 Å². The fraction of sp³-hybridized carbons (Fsp3) is 0. The third kappa shape index (κ3) is 4.91. The topological polar surface area (TPSA) is 60.2 Å². The van der Waals surface area contributed by atoms with Crippen LogP contribution in [0.25, 0.3) is 22.4 Å². The molecule has 0 saturated carbocycles. The van der Waals surface area contributed by atoms with Crippen LogP contribution in [0.3, 0.4) is 0 Å². The van der Waals surface area contributed by atoms with Gasteiger partial charge in [-0.25, -0.2) is 13.8 Å². The minimum Gasteiger partial charge on any atom is -0.472 e. The zero-order valence-electron chi connectivity index (χ0n) is 17.2. The lowest BCUT2D eigenvalue weighted by atomic mass is 10.0. The number of thiazole rings is 1. The van der Waals surface area contributed by atoms with Crippen LogP contribution in [0, 0.1) is 11.6 Å². The first kappa shape index (κ1) is 22.4. The molecule has 0 fully saturated rings. The van der Waals surface area contributed by atoms with Crippen LogP contribution >= 0.6 is 34.9 Å². The van der Waals surface area contributed by atoms with E-state index >= 15 is 0 Å². The van der Waals surface area contributed by atoms with Gasteiger partial charge in [0.25, 0.3) is 0 Å². The summed E-state index contributed by atoms with van der Waals surface area (Å²) in [6.07, 6.45) is 4.56. The van der Waals surface area contributed by atoms with Gasteiger partial charge in [-0.1, -0.05) is 23.7 Å². The Morgan fingerprint density at radius 1 is 1.03 bits per heavy atom. The molecule has 0 saturated heterocycles. The fourth-order valence-corrected chi connectivity index (χ4v) is 4.61. The summed E-state index contributed by atoms with van der Waals surface area (Å²) in [6, 6.07) is 12.3. The van der Waals surface area contributed by atoms with Gasteiger partial charge >= 0.3 is 0 Å². The molecule has 5 aromatic rings. The van der Waals surface area contributed by atoms with Crippen LogP contribution in [-0.4, -0.2) is 9.97 Å². The maximum absolute atomic E-state index is 14.8. The minimum absolute atomic E-state index is 0.127. The summed E-state index contributed by atoms with van der Waals surface area (Å²) in [6.45, 7) is 0. The number of furan rings is 1. The van der Waals surface area contributed by atoms with Gasteiger partial charge in [0.2, 0.25) is 0 Å². The van der Waals surface area contributed by atoms with Crippen molar-refractivity contribution < 1.29 is 17.9 Å². The number of nitrogens with one attached hydrogen (secondary N) is 1. The molecule has 0 aliphatic rings. The average Bonchev–Trinajstić information content (AvgIpc) is 3.55. The second-order valence-corrected chi connectivity index (χ2v) is 8.95. The van der Waals surface area contributed by atoms with Gasteiger partial charge in [-0.15, -0.1) is 11.3 Å². The van der Waals surface area contributed by atoms with Crippen LogP contribution in [0.2, 0.25) is 5.02 Å². The van der Waals surface area contributed by atoms with E-state index in [4.69, 9.17) is 20.8 Å². The lowest BCUT2D eigenvalue weighted by Crippen LogP contribution is -1.95. The predicted molar refractivity (Wildman–Crippen MR) is 130 cm³/mol. The van der Waals surface area contributed by atoms with E-state index in [2.05, 4.69) is 14.7 Å². The Hall–Kier alpha value is -3.40. The molecule has 3 heterocycles. The van der Waals surface area contributed by atoms with Crippen LogP contribution in [0.5, 0.6) is 11.5 Å². The Labute approximate surface area is 206 Å². The van der Waals surface area contributed by atoms with Gasteiger partial charge in [-0.3, -0.25) is 4.98 Å². The summed E-state index contributed by atoms with van der Waals surface area (Å²) >= 11 is 8.89. The summed E-state index contributed by atoms with van der Waals surface area (Å²) in [5.41, 5.74) is 4.16. The highest BCUT2D eigenvalue weighted by Crippen LogP contribution is 2.40. The predicted octanol–water partition coefficient (Wildman–Crippen LogP) is 8.31. The van der Waals surface area contributed by atoms with Crippen molar-refractivity contribution in [2.45, 2.75) is 4.90 Å². The average molecular weight is 514 g/mol. The number of halogens is 3. The Kier molecular flexibility index (Phi) is 6.48. The molecule has 1 N–H and O–H groups in total. The second-order valence-electron chi connectivity index (χ2n) is 6.98. The summed E-state index contributed by atoms with van der Waals surface area (Å²) < 4.78 is 42.6. The largest absolute Gasteiger partial charge is 0.472 e. The van der Waals surface area contributed by atoms with Crippen LogP contribution in [0.15, 0.2) is 87.5 Å². The van der Waals surface area contributed by atoms with Crippen molar-refractivity contribution in [1.29, 1.82) is 0 Å². The van der Waals surface area contributed by atoms with E-state index in [1.165, 1.54) is 48.1 Å². The van der Waals surface area contributed by atoms with Crippen LogP contribution in [-0.2, 0) is 0 Å². The molecule has 0 bridgehead atoms. The summed E-state index contributed by atoms with van der Waals surface area (Å²) in [7, 11) is 0. The number of aromatic nitrogens is 2.